The second-order valence-corrected chi connectivity index (χ2v) is 2.66. The molecule has 0 spiro atoms. The summed E-state index contributed by atoms with van der Waals surface area (Å²) in [5.41, 5.74) is 1.23. The zero-order valence-corrected chi connectivity index (χ0v) is 7.33. The van der Waals surface area contributed by atoms with Crippen molar-refractivity contribution in [3.8, 4) is 0 Å². The van der Waals surface area contributed by atoms with E-state index in [0.29, 0.717) is 0 Å². The summed E-state index contributed by atoms with van der Waals surface area (Å²) >= 11 is 0. The van der Waals surface area contributed by atoms with Crippen LogP contribution in [0.5, 0.6) is 0 Å². The first kappa shape index (κ1) is 8.05. The van der Waals surface area contributed by atoms with Gasteiger partial charge in [0.05, 0.1) is 0 Å². The Hall–Kier alpha value is -1.05. The van der Waals surface area contributed by atoms with Gasteiger partial charge < -0.3 is 4.90 Å². The summed E-state index contributed by atoms with van der Waals surface area (Å²) in [6.45, 7) is 5.19. The maximum atomic E-state index is 4.27. The highest BCUT2D eigenvalue weighted by Gasteiger charge is 2.00. The Balaban J connectivity index is 2.93. The van der Waals surface area contributed by atoms with Crippen LogP contribution in [0, 0.1) is 6.92 Å². The molecular weight excluding hydrogens is 136 g/mol. The standard InChI is InChI=1S/C9H14N2/c1-4-11(3)9-8(2)6-5-7-10-9/h5-7H,4H2,1-3H3. The molecule has 0 aliphatic carbocycles. The lowest BCUT2D eigenvalue weighted by atomic mass is 10.3. The summed E-state index contributed by atoms with van der Waals surface area (Å²) in [7, 11) is 2.05. The average molecular weight is 150 g/mol. The van der Waals surface area contributed by atoms with E-state index < -0.39 is 0 Å². The van der Waals surface area contributed by atoms with Crippen LogP contribution in [-0.2, 0) is 0 Å². The Labute approximate surface area is 67.9 Å². The minimum Gasteiger partial charge on any atom is -0.360 e. The molecule has 1 aromatic rings. The highest BCUT2D eigenvalue weighted by molar-refractivity contribution is 5.44. The third-order valence-corrected chi connectivity index (χ3v) is 1.82. The van der Waals surface area contributed by atoms with E-state index in [1.807, 2.05) is 12.3 Å². The van der Waals surface area contributed by atoms with E-state index in [1.165, 1.54) is 5.56 Å². The minimum absolute atomic E-state index is 0.998. The molecule has 0 radical (unpaired) electrons. The van der Waals surface area contributed by atoms with Crippen LogP contribution in [0.3, 0.4) is 0 Å². The Morgan fingerprint density at radius 3 is 2.82 bits per heavy atom. The van der Waals surface area contributed by atoms with Crippen LogP contribution in [0.15, 0.2) is 18.3 Å². The molecule has 2 heteroatoms. The summed E-state index contributed by atoms with van der Waals surface area (Å²) in [6, 6.07) is 4.04. The van der Waals surface area contributed by atoms with Gasteiger partial charge in [-0.15, -0.1) is 0 Å². The Morgan fingerprint density at radius 2 is 2.27 bits per heavy atom. The molecule has 0 bridgehead atoms. The van der Waals surface area contributed by atoms with Crippen LogP contribution in [0.1, 0.15) is 12.5 Å². The van der Waals surface area contributed by atoms with Crippen LogP contribution in [0.25, 0.3) is 0 Å². The quantitative estimate of drug-likeness (QED) is 0.639. The number of aromatic nitrogens is 1. The highest BCUT2D eigenvalue weighted by atomic mass is 15.2. The van der Waals surface area contributed by atoms with Gasteiger partial charge in [-0.2, -0.15) is 0 Å². The van der Waals surface area contributed by atoms with Crippen LogP contribution in [0.4, 0.5) is 5.82 Å². The normalized spacial score (nSPS) is 9.73. The van der Waals surface area contributed by atoms with Crippen LogP contribution >= 0.6 is 0 Å². The topological polar surface area (TPSA) is 16.1 Å². The van der Waals surface area contributed by atoms with Crippen molar-refractivity contribution in [2.75, 3.05) is 18.5 Å². The first-order chi connectivity index (χ1) is 5.25. The van der Waals surface area contributed by atoms with Crippen molar-refractivity contribution < 1.29 is 0 Å². The van der Waals surface area contributed by atoms with Gasteiger partial charge in [0.1, 0.15) is 5.82 Å². The van der Waals surface area contributed by atoms with Gasteiger partial charge in [0, 0.05) is 19.8 Å². The number of aryl methyl sites for hydroxylation is 1. The molecule has 0 saturated heterocycles. The summed E-state index contributed by atoms with van der Waals surface area (Å²) in [5, 5.41) is 0. The Morgan fingerprint density at radius 1 is 1.55 bits per heavy atom. The summed E-state index contributed by atoms with van der Waals surface area (Å²) in [4.78, 5) is 6.41. The maximum absolute atomic E-state index is 4.27. The van der Waals surface area contributed by atoms with Crippen molar-refractivity contribution in [1.29, 1.82) is 0 Å². The van der Waals surface area contributed by atoms with Crippen LogP contribution in [0.2, 0.25) is 0 Å². The van der Waals surface area contributed by atoms with E-state index in [4.69, 9.17) is 0 Å². The van der Waals surface area contributed by atoms with E-state index in [0.717, 1.165) is 12.4 Å². The van der Waals surface area contributed by atoms with Gasteiger partial charge in [-0.05, 0) is 25.5 Å². The molecule has 0 saturated carbocycles. The van der Waals surface area contributed by atoms with E-state index in [9.17, 15) is 0 Å². The first-order valence-electron chi connectivity index (χ1n) is 3.88. The number of hydrogen-bond donors (Lipinski definition) is 0. The molecule has 60 valence electrons. The number of nitrogens with zero attached hydrogens (tertiary/aromatic N) is 2. The van der Waals surface area contributed by atoms with E-state index in [-0.39, 0.29) is 0 Å². The maximum Gasteiger partial charge on any atom is 0.131 e. The lowest BCUT2D eigenvalue weighted by Gasteiger charge is -2.16. The molecule has 0 atom stereocenters. The molecule has 0 fully saturated rings. The van der Waals surface area contributed by atoms with Gasteiger partial charge in [-0.25, -0.2) is 4.98 Å². The Bertz CT molecular complexity index is 233. The lowest BCUT2D eigenvalue weighted by Crippen LogP contribution is -2.18. The number of rotatable bonds is 2. The fourth-order valence-electron chi connectivity index (χ4n) is 1.03. The molecule has 0 unspecified atom stereocenters. The molecule has 0 aliphatic heterocycles. The van der Waals surface area contributed by atoms with Crippen molar-refractivity contribution in [3.63, 3.8) is 0 Å². The molecule has 2 nitrogen and oxygen atoms in total. The summed E-state index contributed by atoms with van der Waals surface area (Å²) < 4.78 is 0. The average Bonchev–Trinajstić information content (AvgIpc) is 2.04. The van der Waals surface area contributed by atoms with Crippen molar-refractivity contribution in [2.45, 2.75) is 13.8 Å². The van der Waals surface area contributed by atoms with E-state index in [1.54, 1.807) is 0 Å². The number of hydrogen-bond acceptors (Lipinski definition) is 2. The van der Waals surface area contributed by atoms with Crippen LogP contribution in [-0.4, -0.2) is 18.6 Å². The number of anilines is 1. The lowest BCUT2D eigenvalue weighted by molar-refractivity contribution is 0.929. The first-order valence-corrected chi connectivity index (χ1v) is 3.88. The monoisotopic (exact) mass is 150 g/mol. The van der Waals surface area contributed by atoms with Crippen molar-refractivity contribution in [3.05, 3.63) is 23.9 Å². The molecule has 1 rings (SSSR count). The third-order valence-electron chi connectivity index (χ3n) is 1.82. The Kier molecular flexibility index (Phi) is 2.47. The molecule has 0 aliphatic rings. The van der Waals surface area contributed by atoms with Gasteiger partial charge in [0.25, 0.3) is 0 Å². The molecule has 11 heavy (non-hydrogen) atoms. The molecule has 0 N–H and O–H groups in total. The predicted octanol–water partition coefficient (Wildman–Crippen LogP) is 1.85. The van der Waals surface area contributed by atoms with Crippen molar-refractivity contribution in [2.24, 2.45) is 0 Å². The van der Waals surface area contributed by atoms with E-state index >= 15 is 0 Å². The van der Waals surface area contributed by atoms with Gasteiger partial charge in [0.15, 0.2) is 0 Å². The van der Waals surface area contributed by atoms with Gasteiger partial charge in [0.2, 0.25) is 0 Å². The van der Waals surface area contributed by atoms with Crippen LogP contribution < -0.4 is 4.90 Å². The zero-order chi connectivity index (χ0) is 8.27. The fraction of sp³-hybridized carbons (Fsp3) is 0.444. The second kappa shape index (κ2) is 3.37. The smallest absolute Gasteiger partial charge is 0.131 e. The van der Waals surface area contributed by atoms with E-state index in [2.05, 4.69) is 36.8 Å². The third kappa shape index (κ3) is 1.70. The van der Waals surface area contributed by atoms with Gasteiger partial charge >= 0.3 is 0 Å². The summed E-state index contributed by atoms with van der Waals surface area (Å²) in [5.74, 6) is 1.08. The number of pyridine rings is 1. The molecule has 0 aromatic carbocycles. The SMILES string of the molecule is CCN(C)c1ncccc1C. The fourth-order valence-corrected chi connectivity index (χ4v) is 1.03. The highest BCUT2D eigenvalue weighted by Crippen LogP contribution is 2.12. The van der Waals surface area contributed by atoms with Crippen molar-refractivity contribution >= 4 is 5.82 Å². The largest absolute Gasteiger partial charge is 0.360 e. The van der Waals surface area contributed by atoms with Gasteiger partial charge in [-0.3, -0.25) is 0 Å². The molecular formula is C9H14N2. The minimum atomic E-state index is 0.998. The molecule has 0 amide bonds. The zero-order valence-electron chi connectivity index (χ0n) is 7.33. The summed E-state index contributed by atoms with van der Waals surface area (Å²) in [6.07, 6.45) is 1.83. The van der Waals surface area contributed by atoms with Gasteiger partial charge in [-0.1, -0.05) is 6.07 Å². The predicted molar refractivity (Wildman–Crippen MR) is 47.9 cm³/mol. The van der Waals surface area contributed by atoms with Crippen molar-refractivity contribution in [1.82, 2.24) is 4.98 Å². The molecule has 1 aromatic heterocycles. The molecule has 1 heterocycles. The second-order valence-electron chi connectivity index (χ2n) is 2.66.